The van der Waals surface area contributed by atoms with Gasteiger partial charge in [0.25, 0.3) is 0 Å². The van der Waals surface area contributed by atoms with Crippen LogP contribution in [0.15, 0.2) is 29.2 Å². The zero-order chi connectivity index (χ0) is 15.7. The first-order chi connectivity index (χ1) is 9.68. The maximum Gasteiger partial charge on any atom is 0.243 e. The van der Waals surface area contributed by atoms with Gasteiger partial charge in [-0.3, -0.25) is 4.90 Å². The summed E-state index contributed by atoms with van der Waals surface area (Å²) in [6.07, 6.45) is 0. The number of nitrogens with two attached hydrogens (primary N) is 1. The molecule has 0 aromatic heterocycles. The topological polar surface area (TPSA) is 66.6 Å². The van der Waals surface area contributed by atoms with Crippen LogP contribution in [0.2, 0.25) is 0 Å². The molecule has 1 fully saturated rings. The van der Waals surface area contributed by atoms with Crippen molar-refractivity contribution in [2.75, 3.05) is 32.7 Å². The molecule has 2 N–H and O–H groups in total. The Balaban J connectivity index is 2.03. The van der Waals surface area contributed by atoms with Gasteiger partial charge in [-0.05, 0) is 32.9 Å². The minimum atomic E-state index is -3.37. The zero-order valence-corrected chi connectivity index (χ0v) is 13.9. The predicted molar refractivity (Wildman–Crippen MR) is 84.6 cm³/mol. The van der Waals surface area contributed by atoms with Crippen LogP contribution in [0.25, 0.3) is 0 Å². The van der Waals surface area contributed by atoms with Gasteiger partial charge in [0.15, 0.2) is 0 Å². The van der Waals surface area contributed by atoms with Crippen molar-refractivity contribution in [2.24, 2.45) is 5.73 Å². The molecule has 0 radical (unpaired) electrons. The number of rotatable bonds is 4. The highest BCUT2D eigenvalue weighted by Crippen LogP contribution is 2.18. The largest absolute Gasteiger partial charge is 0.324 e. The lowest BCUT2D eigenvalue weighted by molar-refractivity contribution is 0.162. The molecule has 1 heterocycles. The molecule has 6 heteroatoms. The van der Waals surface area contributed by atoms with Crippen LogP contribution in [0.4, 0.5) is 0 Å². The Hall–Kier alpha value is -0.950. The molecule has 0 amide bonds. The molecule has 2 rings (SSSR count). The number of hydrogen-bond donors (Lipinski definition) is 1. The van der Waals surface area contributed by atoms with Crippen molar-refractivity contribution < 1.29 is 8.42 Å². The molecule has 0 saturated carbocycles. The Kier molecular flexibility index (Phi) is 4.72. The average molecular weight is 311 g/mol. The average Bonchev–Trinajstić information content (AvgIpc) is 2.38. The maximum atomic E-state index is 12.6. The molecule has 0 aliphatic carbocycles. The van der Waals surface area contributed by atoms with Crippen LogP contribution in [0, 0.1) is 6.92 Å². The van der Waals surface area contributed by atoms with Crippen molar-refractivity contribution in [1.82, 2.24) is 9.21 Å². The van der Waals surface area contributed by atoms with E-state index in [0.29, 0.717) is 18.0 Å². The summed E-state index contributed by atoms with van der Waals surface area (Å²) in [5.74, 6) is 0. The predicted octanol–water partition coefficient (Wildman–Crippen LogP) is 1.04. The Labute approximate surface area is 127 Å². The minimum absolute atomic E-state index is 0.252. The van der Waals surface area contributed by atoms with Gasteiger partial charge in [0.05, 0.1) is 4.90 Å². The molecule has 1 saturated heterocycles. The van der Waals surface area contributed by atoms with Crippen molar-refractivity contribution in [3.8, 4) is 0 Å². The van der Waals surface area contributed by atoms with Crippen molar-refractivity contribution in [3.05, 3.63) is 29.8 Å². The summed E-state index contributed by atoms with van der Waals surface area (Å²) < 4.78 is 26.7. The highest BCUT2D eigenvalue weighted by molar-refractivity contribution is 7.89. The summed E-state index contributed by atoms with van der Waals surface area (Å²) >= 11 is 0. The fraction of sp³-hybridized carbons (Fsp3) is 0.600. The molecular formula is C15H25N3O2S. The van der Waals surface area contributed by atoms with Gasteiger partial charge in [-0.1, -0.05) is 17.7 Å². The number of piperazine rings is 1. The molecule has 5 nitrogen and oxygen atoms in total. The van der Waals surface area contributed by atoms with Gasteiger partial charge in [0.2, 0.25) is 10.0 Å². The van der Waals surface area contributed by atoms with E-state index in [0.717, 1.165) is 25.2 Å². The normalized spacial score (nSPS) is 18.9. The fourth-order valence-corrected chi connectivity index (χ4v) is 3.99. The molecule has 0 spiro atoms. The third kappa shape index (κ3) is 4.26. The second-order valence-electron chi connectivity index (χ2n) is 6.48. The van der Waals surface area contributed by atoms with Crippen molar-refractivity contribution >= 4 is 10.0 Å². The monoisotopic (exact) mass is 311 g/mol. The number of benzene rings is 1. The number of hydrogen-bond acceptors (Lipinski definition) is 4. The summed E-state index contributed by atoms with van der Waals surface area (Å²) in [5, 5.41) is 0. The lowest BCUT2D eigenvalue weighted by Crippen LogP contribution is -2.53. The molecule has 21 heavy (non-hydrogen) atoms. The summed E-state index contributed by atoms with van der Waals surface area (Å²) in [5.41, 5.74) is 6.83. The lowest BCUT2D eigenvalue weighted by atomic mass is 10.1. The quantitative estimate of drug-likeness (QED) is 0.902. The molecule has 0 atom stereocenters. The molecular weight excluding hydrogens is 286 g/mol. The van der Waals surface area contributed by atoms with Crippen LogP contribution in [-0.4, -0.2) is 55.9 Å². The first-order valence-corrected chi connectivity index (χ1v) is 8.70. The van der Waals surface area contributed by atoms with Crippen LogP contribution < -0.4 is 5.73 Å². The van der Waals surface area contributed by atoms with Crippen molar-refractivity contribution in [3.63, 3.8) is 0 Å². The van der Waals surface area contributed by atoms with E-state index in [4.69, 9.17) is 5.73 Å². The standard InChI is InChI=1S/C15H25N3O2S/c1-13-4-6-14(7-5-13)21(19,20)18-10-8-17(9-11-18)12-15(2,3)16/h4-7H,8-12,16H2,1-3H3. The van der Waals surface area contributed by atoms with Gasteiger partial charge < -0.3 is 5.73 Å². The Morgan fingerprint density at radius 1 is 1.10 bits per heavy atom. The fourth-order valence-electron chi connectivity index (χ4n) is 2.56. The summed E-state index contributed by atoms with van der Waals surface area (Å²) in [6, 6.07) is 7.03. The first kappa shape index (κ1) is 16.4. The van der Waals surface area contributed by atoms with Crippen LogP contribution in [0.1, 0.15) is 19.4 Å². The van der Waals surface area contributed by atoms with Gasteiger partial charge in [0, 0.05) is 38.3 Å². The Morgan fingerprint density at radius 2 is 1.62 bits per heavy atom. The lowest BCUT2D eigenvalue weighted by Gasteiger charge is -2.37. The molecule has 1 aliphatic rings. The molecule has 1 aliphatic heterocycles. The molecule has 118 valence electrons. The minimum Gasteiger partial charge on any atom is -0.324 e. The second kappa shape index (κ2) is 6.04. The van der Waals surface area contributed by atoms with E-state index in [-0.39, 0.29) is 5.54 Å². The molecule has 0 bridgehead atoms. The molecule has 1 aromatic carbocycles. The summed E-state index contributed by atoms with van der Waals surface area (Å²) in [7, 11) is -3.37. The van der Waals surface area contributed by atoms with Crippen molar-refractivity contribution in [2.45, 2.75) is 31.2 Å². The number of nitrogens with zero attached hydrogens (tertiary/aromatic N) is 2. The third-order valence-electron chi connectivity index (χ3n) is 3.62. The highest BCUT2D eigenvalue weighted by atomic mass is 32.2. The third-order valence-corrected chi connectivity index (χ3v) is 5.53. The zero-order valence-electron chi connectivity index (χ0n) is 13.0. The Morgan fingerprint density at radius 3 is 2.10 bits per heavy atom. The van der Waals surface area contributed by atoms with Crippen LogP contribution in [0.3, 0.4) is 0 Å². The van der Waals surface area contributed by atoms with E-state index < -0.39 is 10.0 Å². The van der Waals surface area contributed by atoms with E-state index in [1.165, 1.54) is 0 Å². The highest BCUT2D eigenvalue weighted by Gasteiger charge is 2.29. The smallest absolute Gasteiger partial charge is 0.243 e. The molecule has 1 aromatic rings. The van der Waals surface area contributed by atoms with Crippen LogP contribution in [0.5, 0.6) is 0 Å². The van der Waals surface area contributed by atoms with Gasteiger partial charge in [-0.15, -0.1) is 0 Å². The summed E-state index contributed by atoms with van der Waals surface area (Å²) in [4.78, 5) is 2.60. The first-order valence-electron chi connectivity index (χ1n) is 7.26. The number of sulfonamides is 1. The van der Waals surface area contributed by atoms with Crippen LogP contribution in [-0.2, 0) is 10.0 Å². The summed E-state index contributed by atoms with van der Waals surface area (Å²) in [6.45, 7) is 9.20. The van der Waals surface area contributed by atoms with Gasteiger partial charge in [-0.2, -0.15) is 4.31 Å². The van der Waals surface area contributed by atoms with E-state index >= 15 is 0 Å². The van der Waals surface area contributed by atoms with Crippen molar-refractivity contribution in [1.29, 1.82) is 0 Å². The van der Waals surface area contributed by atoms with Gasteiger partial charge >= 0.3 is 0 Å². The maximum absolute atomic E-state index is 12.6. The van der Waals surface area contributed by atoms with Gasteiger partial charge in [-0.25, -0.2) is 8.42 Å². The van der Waals surface area contributed by atoms with Gasteiger partial charge in [0.1, 0.15) is 0 Å². The Bertz CT molecular complexity index is 568. The number of aryl methyl sites for hydroxylation is 1. The van der Waals surface area contributed by atoms with E-state index in [1.54, 1.807) is 16.4 Å². The molecule has 0 unspecified atom stereocenters. The van der Waals surface area contributed by atoms with Crippen LogP contribution >= 0.6 is 0 Å². The van der Waals surface area contributed by atoms with E-state index in [9.17, 15) is 8.42 Å². The van der Waals surface area contributed by atoms with E-state index in [1.807, 2.05) is 32.9 Å². The van der Waals surface area contributed by atoms with E-state index in [2.05, 4.69) is 4.90 Å². The SMILES string of the molecule is Cc1ccc(S(=O)(=O)N2CCN(CC(C)(C)N)CC2)cc1. The second-order valence-corrected chi connectivity index (χ2v) is 8.42.